The Morgan fingerprint density at radius 1 is 0.652 bits per heavy atom. The van der Waals surface area contributed by atoms with Gasteiger partial charge in [0.25, 0.3) is 0 Å². The van der Waals surface area contributed by atoms with Gasteiger partial charge < -0.3 is 14.9 Å². The van der Waals surface area contributed by atoms with Gasteiger partial charge in [-0.2, -0.15) is 0 Å². The molecule has 0 heterocycles. The first-order valence-corrected chi connectivity index (χ1v) is 9.68. The summed E-state index contributed by atoms with van der Waals surface area (Å²) in [5, 5.41) is 19.2. The van der Waals surface area contributed by atoms with Gasteiger partial charge in [0.1, 0.15) is 6.10 Å². The maximum Gasteiger partial charge on any atom is 0.309 e. The summed E-state index contributed by atoms with van der Waals surface area (Å²) < 4.78 is 5.69. The monoisotopic (exact) mass is 324 g/mol. The van der Waals surface area contributed by atoms with E-state index in [1.165, 1.54) is 0 Å². The number of ether oxygens (including phenoxy) is 1. The lowest BCUT2D eigenvalue weighted by Crippen LogP contribution is -2.33. The van der Waals surface area contributed by atoms with Crippen molar-refractivity contribution < 1.29 is 19.7 Å². The summed E-state index contributed by atoms with van der Waals surface area (Å²) in [7, 11) is 0. The second-order valence-electron chi connectivity index (χ2n) is 8.05. The molecular formula is C19H32O4. The van der Waals surface area contributed by atoms with Crippen molar-refractivity contribution in [1.82, 2.24) is 0 Å². The lowest BCUT2D eigenvalue weighted by Gasteiger charge is -2.36. The highest BCUT2D eigenvalue weighted by Gasteiger charge is 2.34. The Hall–Kier alpha value is -0.610. The molecule has 0 amide bonds. The fraction of sp³-hybridized carbons (Fsp3) is 0.947. The second-order valence-corrected chi connectivity index (χ2v) is 8.05. The van der Waals surface area contributed by atoms with Crippen LogP contribution >= 0.6 is 0 Å². The number of hydrogen-bond donors (Lipinski definition) is 2. The van der Waals surface area contributed by atoms with E-state index in [1.807, 2.05) is 0 Å². The second kappa shape index (κ2) is 7.98. The van der Waals surface area contributed by atoms with Gasteiger partial charge in [0.15, 0.2) is 0 Å². The van der Waals surface area contributed by atoms with Gasteiger partial charge in [0, 0.05) is 0 Å². The molecule has 0 atom stereocenters. The van der Waals surface area contributed by atoms with Crippen molar-refractivity contribution in [3.8, 4) is 0 Å². The molecular weight excluding hydrogens is 292 g/mol. The summed E-state index contributed by atoms with van der Waals surface area (Å²) in [6.45, 7) is 0. The molecule has 3 rings (SSSR count). The van der Waals surface area contributed by atoms with Crippen LogP contribution in [0.2, 0.25) is 0 Å². The van der Waals surface area contributed by atoms with E-state index < -0.39 is 0 Å². The van der Waals surface area contributed by atoms with Gasteiger partial charge in [0.2, 0.25) is 0 Å². The molecule has 0 aliphatic heterocycles. The Labute approximate surface area is 139 Å². The molecule has 0 saturated heterocycles. The molecule has 2 N–H and O–H groups in total. The van der Waals surface area contributed by atoms with E-state index in [0.29, 0.717) is 0 Å². The van der Waals surface area contributed by atoms with Gasteiger partial charge in [-0.25, -0.2) is 0 Å². The van der Waals surface area contributed by atoms with Crippen LogP contribution < -0.4 is 0 Å². The van der Waals surface area contributed by atoms with Crippen LogP contribution in [0.15, 0.2) is 0 Å². The van der Waals surface area contributed by atoms with Crippen LogP contribution in [0.25, 0.3) is 0 Å². The van der Waals surface area contributed by atoms with Gasteiger partial charge in [-0.15, -0.1) is 0 Å². The van der Waals surface area contributed by atoms with Crippen molar-refractivity contribution in [2.75, 3.05) is 0 Å². The zero-order valence-corrected chi connectivity index (χ0v) is 14.2. The zero-order valence-electron chi connectivity index (χ0n) is 14.2. The van der Waals surface area contributed by atoms with Gasteiger partial charge >= 0.3 is 5.97 Å². The van der Waals surface area contributed by atoms with Crippen LogP contribution in [0, 0.1) is 17.8 Å². The Balaban J connectivity index is 1.39. The van der Waals surface area contributed by atoms with Crippen molar-refractivity contribution in [2.45, 2.75) is 95.4 Å². The SMILES string of the molecule is O=C(OC1CCC(O)CC1)C1CCC(C2CCC(O)CC2)CC1. The van der Waals surface area contributed by atoms with Crippen molar-refractivity contribution in [3.63, 3.8) is 0 Å². The maximum absolute atomic E-state index is 12.4. The van der Waals surface area contributed by atoms with Gasteiger partial charge in [-0.05, 0) is 88.9 Å². The number of hydrogen-bond acceptors (Lipinski definition) is 4. The lowest BCUT2D eigenvalue weighted by molar-refractivity contribution is -0.158. The summed E-state index contributed by atoms with van der Waals surface area (Å²) in [5.74, 6) is 1.60. The quantitative estimate of drug-likeness (QED) is 0.783. The molecule has 4 heteroatoms. The van der Waals surface area contributed by atoms with Crippen LogP contribution in [0.4, 0.5) is 0 Å². The van der Waals surface area contributed by atoms with Crippen LogP contribution in [-0.2, 0) is 9.53 Å². The number of esters is 1. The summed E-state index contributed by atoms with van der Waals surface area (Å²) in [6, 6.07) is 0. The molecule has 3 aliphatic carbocycles. The fourth-order valence-corrected chi connectivity index (χ4v) is 4.82. The fourth-order valence-electron chi connectivity index (χ4n) is 4.82. The third-order valence-electron chi connectivity index (χ3n) is 6.44. The van der Waals surface area contributed by atoms with E-state index in [4.69, 9.17) is 4.74 Å². The Kier molecular flexibility index (Phi) is 5.97. The minimum Gasteiger partial charge on any atom is -0.462 e. The van der Waals surface area contributed by atoms with Crippen molar-refractivity contribution in [3.05, 3.63) is 0 Å². The number of aliphatic hydroxyl groups is 2. The average Bonchev–Trinajstić information content (AvgIpc) is 2.58. The van der Waals surface area contributed by atoms with Crippen LogP contribution in [0.1, 0.15) is 77.0 Å². The van der Waals surface area contributed by atoms with Crippen LogP contribution in [0.3, 0.4) is 0 Å². The summed E-state index contributed by atoms with van der Waals surface area (Å²) >= 11 is 0. The molecule has 0 spiro atoms. The van der Waals surface area contributed by atoms with Crippen molar-refractivity contribution in [2.24, 2.45) is 17.8 Å². The van der Waals surface area contributed by atoms with E-state index in [1.54, 1.807) is 0 Å². The average molecular weight is 324 g/mol. The third kappa shape index (κ3) is 4.69. The smallest absolute Gasteiger partial charge is 0.309 e. The number of carbonyl (C=O) groups is 1. The summed E-state index contributed by atoms with van der Waals surface area (Å²) in [5.41, 5.74) is 0. The normalized spacial score (nSPS) is 42.2. The van der Waals surface area contributed by atoms with Crippen molar-refractivity contribution >= 4 is 5.97 Å². The molecule has 3 saturated carbocycles. The van der Waals surface area contributed by atoms with Crippen molar-refractivity contribution in [1.29, 1.82) is 0 Å². The van der Waals surface area contributed by atoms with E-state index in [0.717, 1.165) is 88.9 Å². The largest absolute Gasteiger partial charge is 0.462 e. The molecule has 132 valence electrons. The molecule has 23 heavy (non-hydrogen) atoms. The molecule has 0 aromatic rings. The topological polar surface area (TPSA) is 66.8 Å². The minimum absolute atomic E-state index is 0.00362. The Morgan fingerprint density at radius 3 is 1.61 bits per heavy atom. The molecule has 3 aliphatic rings. The lowest BCUT2D eigenvalue weighted by atomic mass is 9.70. The standard InChI is InChI=1S/C19H32O4/c20-16-7-5-14(6-8-16)13-1-3-15(4-2-13)19(22)23-18-11-9-17(21)10-12-18/h13-18,20-21H,1-12H2. The van der Waals surface area contributed by atoms with Gasteiger partial charge in [-0.1, -0.05) is 0 Å². The van der Waals surface area contributed by atoms with E-state index in [9.17, 15) is 15.0 Å². The summed E-state index contributed by atoms with van der Waals surface area (Å²) in [6.07, 6.45) is 11.4. The molecule has 0 radical (unpaired) electrons. The van der Waals surface area contributed by atoms with Gasteiger partial charge in [0.05, 0.1) is 18.1 Å². The number of rotatable bonds is 3. The number of carbonyl (C=O) groups excluding carboxylic acids is 1. The zero-order chi connectivity index (χ0) is 16.2. The first-order valence-electron chi connectivity index (χ1n) is 9.68. The molecule has 0 aromatic heterocycles. The molecule has 3 fully saturated rings. The predicted octanol–water partition coefficient (Wildman–Crippen LogP) is 3.19. The summed E-state index contributed by atoms with van der Waals surface area (Å²) in [4.78, 5) is 12.4. The Morgan fingerprint density at radius 2 is 1.09 bits per heavy atom. The van der Waals surface area contributed by atoms with E-state index in [-0.39, 0.29) is 30.2 Å². The Bertz CT molecular complexity index is 373. The predicted molar refractivity (Wildman–Crippen MR) is 87.8 cm³/mol. The van der Waals surface area contributed by atoms with Gasteiger partial charge in [-0.3, -0.25) is 4.79 Å². The highest BCUT2D eigenvalue weighted by atomic mass is 16.5. The minimum atomic E-state index is -0.200. The van der Waals surface area contributed by atoms with E-state index in [2.05, 4.69) is 0 Å². The first kappa shape index (κ1) is 17.2. The molecule has 0 bridgehead atoms. The van der Waals surface area contributed by atoms with Crippen LogP contribution in [0.5, 0.6) is 0 Å². The number of aliphatic hydroxyl groups excluding tert-OH is 2. The van der Waals surface area contributed by atoms with E-state index >= 15 is 0 Å². The third-order valence-corrected chi connectivity index (χ3v) is 6.44. The highest BCUT2D eigenvalue weighted by molar-refractivity contribution is 5.72. The highest BCUT2D eigenvalue weighted by Crippen LogP contribution is 2.40. The first-order chi connectivity index (χ1) is 11.1. The molecule has 0 unspecified atom stereocenters. The van der Waals surface area contributed by atoms with Crippen LogP contribution in [-0.4, -0.2) is 34.5 Å². The molecule has 0 aromatic carbocycles. The maximum atomic E-state index is 12.4. The molecule has 4 nitrogen and oxygen atoms in total.